The van der Waals surface area contributed by atoms with Gasteiger partial charge in [0.05, 0.1) is 11.7 Å². The predicted octanol–water partition coefficient (Wildman–Crippen LogP) is 12.7. The number of fused-ring (bicyclic) bond motifs is 4. The van der Waals surface area contributed by atoms with Crippen molar-refractivity contribution in [2.75, 3.05) is 0 Å². The number of amidine groups is 1. The summed E-state index contributed by atoms with van der Waals surface area (Å²) in [5.41, 5.74) is 11.2. The lowest BCUT2D eigenvalue weighted by Gasteiger charge is -2.25. The molecule has 0 radical (unpaired) electrons. The van der Waals surface area contributed by atoms with Crippen LogP contribution in [0.5, 0.6) is 0 Å². The van der Waals surface area contributed by atoms with Crippen LogP contribution in [0.25, 0.3) is 71.4 Å². The van der Waals surface area contributed by atoms with E-state index in [9.17, 15) is 0 Å². The van der Waals surface area contributed by atoms with Crippen molar-refractivity contribution in [3.05, 3.63) is 217 Å². The molecule has 1 atom stereocenters. The molecule has 0 saturated carbocycles. The van der Waals surface area contributed by atoms with E-state index in [1.807, 2.05) is 12.4 Å². The van der Waals surface area contributed by atoms with Gasteiger partial charge in [-0.2, -0.15) is 0 Å². The molecule has 9 aromatic rings. The van der Waals surface area contributed by atoms with Crippen molar-refractivity contribution in [2.24, 2.45) is 4.99 Å². The Morgan fingerprint density at radius 1 is 0.389 bits per heavy atom. The number of rotatable bonds is 6. The van der Waals surface area contributed by atoms with Crippen molar-refractivity contribution in [1.29, 1.82) is 0 Å². The Labute approximate surface area is 314 Å². The third-order valence-corrected chi connectivity index (χ3v) is 10.6. The van der Waals surface area contributed by atoms with E-state index >= 15 is 0 Å². The summed E-state index contributed by atoms with van der Waals surface area (Å²) in [6.45, 7) is 0. The molecule has 10 rings (SSSR count). The van der Waals surface area contributed by atoms with Gasteiger partial charge < -0.3 is 5.32 Å². The molecule has 1 N–H and O–H groups in total. The number of nitrogens with zero attached hydrogens (tertiary/aromatic N) is 2. The van der Waals surface area contributed by atoms with Gasteiger partial charge in [0, 0.05) is 28.9 Å². The molecular weight excluding hydrogens is 655 g/mol. The summed E-state index contributed by atoms with van der Waals surface area (Å²) in [6.07, 6.45) is 6.13. The average Bonchev–Trinajstić information content (AvgIpc) is 3.26. The molecule has 3 nitrogen and oxygen atoms in total. The molecule has 8 aromatic carbocycles. The first-order valence-electron chi connectivity index (χ1n) is 18.4. The van der Waals surface area contributed by atoms with E-state index in [4.69, 9.17) is 4.99 Å². The van der Waals surface area contributed by atoms with Crippen molar-refractivity contribution in [2.45, 2.75) is 6.04 Å². The normalized spacial score (nSPS) is 14.1. The molecule has 1 aliphatic rings. The number of benzene rings is 8. The van der Waals surface area contributed by atoms with E-state index in [1.165, 1.54) is 49.2 Å². The second kappa shape index (κ2) is 13.5. The van der Waals surface area contributed by atoms with E-state index < -0.39 is 0 Å². The highest BCUT2D eigenvalue weighted by atomic mass is 15.0. The highest BCUT2D eigenvalue weighted by molar-refractivity contribution is 6.14. The van der Waals surface area contributed by atoms with Crippen LogP contribution in [-0.2, 0) is 0 Å². The van der Waals surface area contributed by atoms with Crippen molar-refractivity contribution >= 4 is 43.9 Å². The molecule has 1 unspecified atom stereocenters. The smallest absolute Gasteiger partial charge is 0.134 e. The van der Waals surface area contributed by atoms with Gasteiger partial charge in [-0.3, -0.25) is 4.98 Å². The maximum Gasteiger partial charge on any atom is 0.134 e. The Morgan fingerprint density at radius 3 is 1.89 bits per heavy atom. The maximum atomic E-state index is 5.33. The molecule has 1 aliphatic heterocycles. The fourth-order valence-corrected chi connectivity index (χ4v) is 7.86. The van der Waals surface area contributed by atoms with Gasteiger partial charge in [0.1, 0.15) is 5.84 Å². The fraction of sp³-hybridized carbons (Fsp3) is 0.0196. The van der Waals surface area contributed by atoms with Crippen LogP contribution in [0.4, 0.5) is 0 Å². The molecule has 0 spiro atoms. The zero-order valence-corrected chi connectivity index (χ0v) is 29.5. The third-order valence-electron chi connectivity index (χ3n) is 10.6. The Hall–Kier alpha value is -7.10. The van der Waals surface area contributed by atoms with E-state index in [1.54, 1.807) is 0 Å². The first kappa shape index (κ1) is 31.6. The van der Waals surface area contributed by atoms with Gasteiger partial charge in [0.25, 0.3) is 0 Å². The summed E-state index contributed by atoms with van der Waals surface area (Å²) in [6, 6.07) is 64.9. The SMILES string of the molecule is C1=C(c2ccc(-c3cncc4ccccc34)cc2)N=C(c2cccc(-c3cc4ccccc4c4ccccc34)c2)NC1c1cccc(-c2ccccc2)c1. The van der Waals surface area contributed by atoms with Crippen LogP contribution >= 0.6 is 0 Å². The predicted molar refractivity (Wildman–Crippen MR) is 226 cm³/mol. The maximum absolute atomic E-state index is 5.33. The van der Waals surface area contributed by atoms with Crippen molar-refractivity contribution in [3.8, 4) is 33.4 Å². The molecule has 54 heavy (non-hydrogen) atoms. The van der Waals surface area contributed by atoms with E-state index in [0.29, 0.717) is 0 Å². The van der Waals surface area contributed by atoms with Gasteiger partial charge in [-0.15, -0.1) is 0 Å². The van der Waals surface area contributed by atoms with Crippen LogP contribution in [0, 0.1) is 0 Å². The number of hydrogen-bond acceptors (Lipinski definition) is 3. The zero-order valence-electron chi connectivity index (χ0n) is 29.5. The summed E-state index contributed by atoms with van der Waals surface area (Å²) < 4.78 is 0. The number of nitrogens with one attached hydrogen (secondary N) is 1. The molecule has 0 aliphatic carbocycles. The van der Waals surface area contributed by atoms with Crippen molar-refractivity contribution in [3.63, 3.8) is 0 Å². The number of aromatic nitrogens is 1. The third kappa shape index (κ3) is 5.82. The van der Waals surface area contributed by atoms with Gasteiger partial charge in [0.2, 0.25) is 0 Å². The Bertz CT molecular complexity index is 2900. The van der Waals surface area contributed by atoms with Crippen molar-refractivity contribution < 1.29 is 0 Å². The minimum atomic E-state index is -0.0942. The van der Waals surface area contributed by atoms with Crippen molar-refractivity contribution in [1.82, 2.24) is 10.3 Å². The number of aliphatic imine (C=N–C) groups is 1. The second-order valence-corrected chi connectivity index (χ2v) is 13.9. The van der Waals surface area contributed by atoms with Crippen LogP contribution in [-0.4, -0.2) is 10.8 Å². The molecule has 254 valence electrons. The van der Waals surface area contributed by atoms with Crippen LogP contribution in [0.15, 0.2) is 205 Å². The van der Waals surface area contributed by atoms with E-state index in [-0.39, 0.29) is 6.04 Å². The Balaban J connectivity index is 1.08. The highest BCUT2D eigenvalue weighted by Gasteiger charge is 2.21. The topological polar surface area (TPSA) is 37.3 Å². The Morgan fingerprint density at radius 2 is 1.04 bits per heavy atom. The summed E-state index contributed by atoms with van der Waals surface area (Å²) >= 11 is 0. The summed E-state index contributed by atoms with van der Waals surface area (Å²) in [7, 11) is 0. The molecule has 0 amide bonds. The van der Waals surface area contributed by atoms with Crippen LogP contribution in [0.2, 0.25) is 0 Å². The fourth-order valence-electron chi connectivity index (χ4n) is 7.86. The zero-order chi connectivity index (χ0) is 35.8. The van der Waals surface area contributed by atoms with Crippen LogP contribution in [0.1, 0.15) is 22.7 Å². The van der Waals surface area contributed by atoms with Gasteiger partial charge in [0.15, 0.2) is 0 Å². The highest BCUT2D eigenvalue weighted by Crippen LogP contribution is 2.37. The minimum Gasteiger partial charge on any atom is -0.359 e. The van der Waals surface area contributed by atoms with Gasteiger partial charge in [-0.25, -0.2) is 4.99 Å². The molecule has 3 heteroatoms. The van der Waals surface area contributed by atoms with Gasteiger partial charge >= 0.3 is 0 Å². The van der Waals surface area contributed by atoms with E-state index in [2.05, 4.69) is 198 Å². The Kier molecular flexibility index (Phi) is 7.88. The molecule has 0 saturated heterocycles. The van der Waals surface area contributed by atoms with Crippen LogP contribution in [0.3, 0.4) is 0 Å². The average molecular weight is 690 g/mol. The molecular formula is C51H35N3. The largest absolute Gasteiger partial charge is 0.359 e. The molecule has 0 fully saturated rings. The summed E-state index contributed by atoms with van der Waals surface area (Å²) in [5.74, 6) is 0.844. The molecule has 1 aromatic heterocycles. The molecule has 0 bridgehead atoms. The van der Waals surface area contributed by atoms with Gasteiger partial charge in [-0.1, -0.05) is 164 Å². The quantitative estimate of drug-likeness (QED) is 0.176. The first-order chi connectivity index (χ1) is 26.7. The number of hydrogen-bond donors (Lipinski definition) is 1. The summed E-state index contributed by atoms with van der Waals surface area (Å²) in [5, 5.41) is 11.2. The number of pyridine rings is 1. The minimum absolute atomic E-state index is 0.0942. The van der Waals surface area contributed by atoms with Crippen LogP contribution < -0.4 is 5.32 Å². The first-order valence-corrected chi connectivity index (χ1v) is 18.4. The second-order valence-electron chi connectivity index (χ2n) is 13.9. The lowest BCUT2D eigenvalue weighted by molar-refractivity contribution is 0.781. The monoisotopic (exact) mass is 689 g/mol. The van der Waals surface area contributed by atoms with E-state index in [0.717, 1.165) is 44.7 Å². The van der Waals surface area contributed by atoms with Gasteiger partial charge in [-0.05, 0) is 90.2 Å². The summed E-state index contributed by atoms with van der Waals surface area (Å²) in [4.78, 5) is 9.87. The lowest BCUT2D eigenvalue weighted by Crippen LogP contribution is -2.31. The molecule has 2 heterocycles. The lowest BCUT2D eigenvalue weighted by atomic mass is 9.92. The standard InChI is InChI=1S/C51H35N3/c1-2-12-34(13-3-1)37-16-10-18-40(28-37)50-31-49(36-26-24-35(25-27-36)48-33-52-32-42-15-5-7-21-44(42)48)53-51(54-50)41-19-11-17-38(29-41)47-30-39-14-4-6-20-43(39)45-22-8-9-23-46(45)47/h1-33,50H,(H,53,54).